The van der Waals surface area contributed by atoms with E-state index in [1.165, 1.54) is 45.6 Å². The monoisotopic (exact) mass is 420 g/mol. The molecule has 29 heavy (non-hydrogen) atoms. The summed E-state index contributed by atoms with van der Waals surface area (Å²) in [6, 6.07) is 5.46. The highest BCUT2D eigenvalue weighted by Gasteiger charge is 2.31. The molecule has 3 rings (SSSR count). The third-order valence-electron chi connectivity index (χ3n) is 4.50. The van der Waals surface area contributed by atoms with E-state index in [0.29, 0.717) is 16.8 Å². The van der Waals surface area contributed by atoms with Gasteiger partial charge in [0.1, 0.15) is 12.4 Å². The summed E-state index contributed by atoms with van der Waals surface area (Å²) in [5, 5.41) is 11.3. The molecule has 1 aliphatic rings. The number of carbonyl (C=O) groups excluding carboxylic acids is 2. The maximum atomic E-state index is 13.0. The predicted molar refractivity (Wildman–Crippen MR) is 109 cm³/mol. The van der Waals surface area contributed by atoms with E-state index < -0.39 is 5.54 Å². The summed E-state index contributed by atoms with van der Waals surface area (Å²) < 4.78 is 14.5. The third-order valence-corrected chi connectivity index (χ3v) is 5.43. The van der Waals surface area contributed by atoms with Crippen LogP contribution in [0.5, 0.6) is 0 Å². The average molecular weight is 421 g/mol. The molecule has 0 unspecified atom stereocenters. The van der Waals surface area contributed by atoms with Gasteiger partial charge in [0.25, 0.3) is 0 Å². The Kier molecular flexibility index (Phi) is 6.11. The fourth-order valence-corrected chi connectivity index (χ4v) is 3.53. The molecule has 1 aromatic carbocycles. The molecule has 0 radical (unpaired) electrons. The summed E-state index contributed by atoms with van der Waals surface area (Å²) in [7, 11) is 0. The van der Waals surface area contributed by atoms with E-state index in [4.69, 9.17) is 5.84 Å². The number of hydrogen-bond donors (Lipinski definition) is 2. The number of hydrogen-bond acceptors (Lipinski definition) is 6. The molecule has 0 spiro atoms. The van der Waals surface area contributed by atoms with Gasteiger partial charge in [-0.2, -0.15) is 0 Å². The van der Waals surface area contributed by atoms with E-state index in [1.807, 2.05) is 20.8 Å². The Bertz CT molecular complexity index is 889. The van der Waals surface area contributed by atoms with Crippen molar-refractivity contribution in [1.29, 1.82) is 0 Å². The molecule has 1 aliphatic carbocycles. The highest BCUT2D eigenvalue weighted by Crippen LogP contribution is 2.39. The number of halogens is 1. The van der Waals surface area contributed by atoms with Crippen molar-refractivity contribution in [3.8, 4) is 0 Å². The number of benzene rings is 1. The Morgan fingerprint density at radius 3 is 2.52 bits per heavy atom. The zero-order valence-corrected chi connectivity index (χ0v) is 17.5. The van der Waals surface area contributed by atoms with Crippen molar-refractivity contribution >= 4 is 29.3 Å². The number of thioether (sulfide) groups is 1. The number of nitrogens with one attached hydrogen (secondary N) is 1. The number of rotatable bonds is 7. The van der Waals surface area contributed by atoms with E-state index in [9.17, 15) is 14.0 Å². The number of nitrogens with zero attached hydrogens (tertiary/aromatic N) is 4. The Hall–Kier alpha value is -2.62. The molecule has 1 fully saturated rings. The third kappa shape index (κ3) is 5.47. The zero-order valence-electron chi connectivity index (χ0n) is 16.7. The molecule has 0 aliphatic heterocycles. The van der Waals surface area contributed by atoms with Crippen LogP contribution in [0.25, 0.3) is 0 Å². The van der Waals surface area contributed by atoms with Gasteiger partial charge in [0.05, 0.1) is 5.75 Å². The normalized spacial score (nSPS) is 13.9. The van der Waals surface area contributed by atoms with Crippen molar-refractivity contribution in [2.75, 3.05) is 23.5 Å². The lowest BCUT2D eigenvalue weighted by Gasteiger charge is -2.35. The van der Waals surface area contributed by atoms with Crippen molar-refractivity contribution in [3.05, 3.63) is 35.9 Å². The Labute approximate surface area is 173 Å². The van der Waals surface area contributed by atoms with Gasteiger partial charge in [-0.1, -0.05) is 11.8 Å². The van der Waals surface area contributed by atoms with Crippen molar-refractivity contribution < 1.29 is 14.0 Å². The summed E-state index contributed by atoms with van der Waals surface area (Å²) in [5.41, 5.74) is -0.0937. The molecule has 2 aromatic rings. The molecular weight excluding hydrogens is 395 g/mol. The SMILES string of the molecule is CC(C)(C)N(CC(=O)Nc1ccc(F)cc1)C(=O)CSc1nnc(C2CC2)n1N. The Morgan fingerprint density at radius 1 is 1.28 bits per heavy atom. The molecule has 1 aromatic heterocycles. The molecule has 3 N–H and O–H groups in total. The van der Waals surface area contributed by atoms with Gasteiger partial charge < -0.3 is 16.1 Å². The summed E-state index contributed by atoms with van der Waals surface area (Å²) >= 11 is 1.20. The van der Waals surface area contributed by atoms with Gasteiger partial charge in [-0.15, -0.1) is 10.2 Å². The van der Waals surface area contributed by atoms with Gasteiger partial charge >= 0.3 is 0 Å². The number of aromatic nitrogens is 3. The second kappa shape index (κ2) is 8.40. The molecule has 0 atom stereocenters. The lowest BCUT2D eigenvalue weighted by molar-refractivity contribution is -0.137. The van der Waals surface area contributed by atoms with E-state index in [1.54, 1.807) is 0 Å². The molecule has 2 amide bonds. The molecule has 1 heterocycles. The Morgan fingerprint density at radius 2 is 1.93 bits per heavy atom. The van der Waals surface area contributed by atoms with Crippen molar-refractivity contribution in [3.63, 3.8) is 0 Å². The zero-order chi connectivity index (χ0) is 21.2. The second-order valence-electron chi connectivity index (χ2n) is 7.98. The van der Waals surface area contributed by atoms with Crippen LogP contribution in [0.1, 0.15) is 45.4 Å². The van der Waals surface area contributed by atoms with Gasteiger partial charge in [-0.3, -0.25) is 9.59 Å². The molecule has 156 valence electrons. The van der Waals surface area contributed by atoms with Crippen LogP contribution in [0.2, 0.25) is 0 Å². The number of nitrogen functional groups attached to an aromatic ring is 1. The van der Waals surface area contributed by atoms with Gasteiger partial charge in [0.2, 0.25) is 17.0 Å². The molecular formula is C19H25FN6O2S. The number of carbonyl (C=O) groups is 2. The fraction of sp³-hybridized carbons (Fsp3) is 0.474. The highest BCUT2D eigenvalue weighted by atomic mass is 32.2. The molecule has 1 saturated carbocycles. The quantitative estimate of drug-likeness (QED) is 0.526. The molecule has 0 saturated heterocycles. The van der Waals surface area contributed by atoms with Crippen LogP contribution in [0.15, 0.2) is 29.4 Å². The molecule has 0 bridgehead atoms. The lowest BCUT2D eigenvalue weighted by atomic mass is 10.1. The van der Waals surface area contributed by atoms with Crippen LogP contribution in [0.3, 0.4) is 0 Å². The van der Waals surface area contributed by atoms with Crippen molar-refractivity contribution in [2.45, 2.75) is 50.2 Å². The standard InChI is InChI=1S/C19H25FN6O2S/c1-19(2,3)25(10-15(27)22-14-8-6-13(20)7-9-14)16(28)11-29-18-24-23-17(26(18)21)12-4-5-12/h6-9,12H,4-5,10-11,21H2,1-3H3,(H,22,27). The summed E-state index contributed by atoms with van der Waals surface area (Å²) in [4.78, 5) is 26.8. The first-order valence-corrected chi connectivity index (χ1v) is 10.3. The van der Waals surface area contributed by atoms with Gasteiger partial charge in [0.15, 0.2) is 5.82 Å². The van der Waals surface area contributed by atoms with Crippen LogP contribution in [-0.4, -0.2) is 49.4 Å². The molecule has 10 heteroatoms. The van der Waals surface area contributed by atoms with Crippen LogP contribution in [0.4, 0.5) is 10.1 Å². The van der Waals surface area contributed by atoms with Crippen LogP contribution < -0.4 is 11.2 Å². The van der Waals surface area contributed by atoms with Gasteiger partial charge in [0, 0.05) is 17.1 Å². The van der Waals surface area contributed by atoms with Crippen molar-refractivity contribution in [2.24, 2.45) is 0 Å². The lowest BCUT2D eigenvalue weighted by Crippen LogP contribution is -2.50. The van der Waals surface area contributed by atoms with Crippen LogP contribution in [0, 0.1) is 5.82 Å². The number of anilines is 1. The fourth-order valence-electron chi connectivity index (χ4n) is 2.79. The highest BCUT2D eigenvalue weighted by molar-refractivity contribution is 7.99. The number of nitrogens with two attached hydrogens (primary N) is 1. The predicted octanol–water partition coefficient (Wildman–Crippen LogP) is 2.37. The minimum Gasteiger partial charge on any atom is -0.336 e. The summed E-state index contributed by atoms with van der Waals surface area (Å²) in [6.45, 7) is 5.45. The minimum atomic E-state index is -0.562. The summed E-state index contributed by atoms with van der Waals surface area (Å²) in [5.74, 6) is 6.25. The topological polar surface area (TPSA) is 106 Å². The van der Waals surface area contributed by atoms with E-state index >= 15 is 0 Å². The molecule has 8 nitrogen and oxygen atoms in total. The Balaban J connectivity index is 1.60. The largest absolute Gasteiger partial charge is 0.336 e. The second-order valence-corrected chi connectivity index (χ2v) is 8.92. The first-order chi connectivity index (χ1) is 13.6. The van der Waals surface area contributed by atoms with E-state index in [0.717, 1.165) is 18.7 Å². The first kappa shape index (κ1) is 21.1. The van der Waals surface area contributed by atoms with Gasteiger partial charge in [-0.05, 0) is 57.9 Å². The summed E-state index contributed by atoms with van der Waals surface area (Å²) in [6.07, 6.45) is 2.11. The number of amides is 2. The maximum Gasteiger partial charge on any atom is 0.244 e. The average Bonchev–Trinajstić information content (AvgIpc) is 3.42. The van der Waals surface area contributed by atoms with Crippen LogP contribution >= 0.6 is 11.8 Å². The van der Waals surface area contributed by atoms with E-state index in [2.05, 4.69) is 15.5 Å². The first-order valence-electron chi connectivity index (χ1n) is 9.34. The minimum absolute atomic E-state index is 0.0844. The van der Waals surface area contributed by atoms with Crippen molar-refractivity contribution in [1.82, 2.24) is 19.8 Å². The van der Waals surface area contributed by atoms with E-state index in [-0.39, 0.29) is 29.9 Å². The van der Waals surface area contributed by atoms with Crippen LogP contribution in [-0.2, 0) is 9.59 Å². The van der Waals surface area contributed by atoms with Gasteiger partial charge in [-0.25, -0.2) is 9.07 Å². The smallest absolute Gasteiger partial charge is 0.244 e. The maximum absolute atomic E-state index is 13.0.